The van der Waals surface area contributed by atoms with Crippen molar-refractivity contribution in [2.24, 2.45) is 0 Å². The van der Waals surface area contributed by atoms with Crippen LogP contribution in [0.25, 0.3) is 16.7 Å². The molecule has 1 saturated heterocycles. The minimum absolute atomic E-state index is 0.197. The number of imidazole rings is 1. The van der Waals surface area contributed by atoms with Gasteiger partial charge in [-0.3, -0.25) is 4.79 Å². The summed E-state index contributed by atoms with van der Waals surface area (Å²) < 4.78 is 40.9. The van der Waals surface area contributed by atoms with E-state index in [1.165, 1.54) is 12.1 Å². The third kappa shape index (κ3) is 4.77. The Labute approximate surface area is 194 Å². The second-order valence-electron chi connectivity index (χ2n) is 8.52. The molecule has 2 aliphatic heterocycles. The van der Waals surface area contributed by atoms with Crippen molar-refractivity contribution in [2.75, 3.05) is 26.2 Å². The minimum Gasteiger partial charge on any atom is -0.406 e. The van der Waals surface area contributed by atoms with E-state index in [-0.39, 0.29) is 17.6 Å². The van der Waals surface area contributed by atoms with Gasteiger partial charge in [0.15, 0.2) is 5.65 Å². The van der Waals surface area contributed by atoms with Gasteiger partial charge in [-0.2, -0.15) is 0 Å². The van der Waals surface area contributed by atoms with E-state index in [9.17, 15) is 18.0 Å². The number of likely N-dealkylation sites (tertiary alicyclic amines) is 1. The first-order chi connectivity index (χ1) is 16.4. The second-order valence-corrected chi connectivity index (χ2v) is 8.52. The van der Waals surface area contributed by atoms with Crippen LogP contribution < -0.4 is 10.1 Å². The van der Waals surface area contributed by atoms with Gasteiger partial charge < -0.3 is 19.9 Å². The number of carbonyl (C=O) groups excluding carboxylic acids is 1. The predicted molar refractivity (Wildman–Crippen MR) is 120 cm³/mol. The van der Waals surface area contributed by atoms with Crippen LogP contribution in [0.2, 0.25) is 0 Å². The fourth-order valence-corrected chi connectivity index (χ4v) is 4.62. The number of H-pyrrole nitrogens is 1. The molecule has 2 aliphatic rings. The van der Waals surface area contributed by atoms with Crippen molar-refractivity contribution < 1.29 is 22.7 Å². The average molecular weight is 471 g/mol. The number of carbonyl (C=O) groups is 1. The summed E-state index contributed by atoms with van der Waals surface area (Å²) in [6.45, 7) is 2.86. The number of hydrogen-bond donors (Lipinski definition) is 2. The SMILES string of the molecule is O=C(c1ccc(OC(F)(F)F)cc1)N1CCC(c2ccnc3nc(C4=CCCNC4)[nH]c23)CC1. The van der Waals surface area contributed by atoms with Gasteiger partial charge in [0.1, 0.15) is 11.6 Å². The highest BCUT2D eigenvalue weighted by Gasteiger charge is 2.31. The first kappa shape index (κ1) is 22.4. The van der Waals surface area contributed by atoms with Gasteiger partial charge in [-0.1, -0.05) is 6.08 Å². The van der Waals surface area contributed by atoms with Gasteiger partial charge in [-0.25, -0.2) is 9.97 Å². The first-order valence-corrected chi connectivity index (χ1v) is 11.3. The Kier molecular flexibility index (Phi) is 5.99. The lowest BCUT2D eigenvalue weighted by atomic mass is 9.89. The molecule has 0 radical (unpaired) electrons. The molecule has 7 nitrogen and oxygen atoms in total. The number of rotatable bonds is 4. The zero-order valence-corrected chi connectivity index (χ0v) is 18.4. The summed E-state index contributed by atoms with van der Waals surface area (Å²) in [7, 11) is 0. The van der Waals surface area contributed by atoms with Crippen molar-refractivity contribution in [3.8, 4) is 5.75 Å². The highest BCUT2D eigenvalue weighted by atomic mass is 19.4. The standard InChI is InChI=1S/C24H24F3N5O2/c25-24(26,27)34-18-5-3-16(4-6-18)23(33)32-12-8-15(9-13-32)19-7-11-29-22-20(19)30-21(31-22)17-2-1-10-28-14-17/h2-7,11,15,28H,1,8-10,12-14H2,(H,29,30,31). The van der Waals surface area contributed by atoms with Gasteiger partial charge in [0, 0.05) is 37.0 Å². The quantitative estimate of drug-likeness (QED) is 0.595. The van der Waals surface area contributed by atoms with Crippen LogP contribution in [0.5, 0.6) is 5.75 Å². The number of nitrogens with one attached hydrogen (secondary N) is 2. The van der Waals surface area contributed by atoms with E-state index >= 15 is 0 Å². The number of pyridine rings is 1. The van der Waals surface area contributed by atoms with E-state index in [1.807, 2.05) is 6.07 Å². The Hall–Kier alpha value is -3.40. The molecule has 0 atom stereocenters. The summed E-state index contributed by atoms with van der Waals surface area (Å²) in [5.41, 5.74) is 4.26. The van der Waals surface area contributed by atoms with Crippen LogP contribution in [-0.2, 0) is 0 Å². The average Bonchev–Trinajstić information content (AvgIpc) is 3.28. The summed E-state index contributed by atoms with van der Waals surface area (Å²) >= 11 is 0. The van der Waals surface area contributed by atoms with E-state index in [0.717, 1.165) is 67.0 Å². The molecule has 34 heavy (non-hydrogen) atoms. The van der Waals surface area contributed by atoms with Gasteiger partial charge in [-0.05, 0) is 67.6 Å². The third-order valence-corrected chi connectivity index (χ3v) is 6.31. The lowest BCUT2D eigenvalue weighted by molar-refractivity contribution is -0.274. The highest BCUT2D eigenvalue weighted by Crippen LogP contribution is 2.33. The van der Waals surface area contributed by atoms with Gasteiger partial charge in [0.2, 0.25) is 0 Å². The molecular weight excluding hydrogens is 447 g/mol. The van der Waals surface area contributed by atoms with E-state index in [2.05, 4.69) is 31.1 Å². The molecule has 0 spiro atoms. The van der Waals surface area contributed by atoms with Crippen LogP contribution in [0.15, 0.2) is 42.6 Å². The van der Waals surface area contributed by atoms with E-state index in [1.54, 1.807) is 11.1 Å². The summed E-state index contributed by atoms with van der Waals surface area (Å²) in [5, 5.41) is 3.35. The van der Waals surface area contributed by atoms with Crippen molar-refractivity contribution in [1.29, 1.82) is 0 Å². The van der Waals surface area contributed by atoms with Crippen LogP contribution in [0.1, 0.15) is 46.9 Å². The number of amides is 1. The number of nitrogens with zero attached hydrogens (tertiary/aromatic N) is 3. The van der Waals surface area contributed by atoms with Gasteiger partial charge in [0.25, 0.3) is 5.91 Å². The Morgan fingerprint density at radius 3 is 2.56 bits per heavy atom. The van der Waals surface area contributed by atoms with Gasteiger partial charge >= 0.3 is 6.36 Å². The number of benzene rings is 1. The maximum absolute atomic E-state index is 12.9. The maximum Gasteiger partial charge on any atom is 0.573 e. The van der Waals surface area contributed by atoms with Gasteiger partial charge in [-0.15, -0.1) is 13.2 Å². The van der Waals surface area contributed by atoms with Crippen LogP contribution in [0, 0.1) is 0 Å². The number of fused-ring (bicyclic) bond motifs is 1. The molecule has 1 fully saturated rings. The minimum atomic E-state index is -4.76. The Bertz CT molecular complexity index is 1210. The predicted octanol–water partition coefficient (Wildman–Crippen LogP) is 4.25. The number of halogens is 3. The zero-order valence-electron chi connectivity index (χ0n) is 18.4. The summed E-state index contributed by atoms with van der Waals surface area (Å²) in [5.74, 6) is 0.553. The largest absolute Gasteiger partial charge is 0.573 e. The lowest BCUT2D eigenvalue weighted by Crippen LogP contribution is -2.38. The topological polar surface area (TPSA) is 83.1 Å². The normalized spacial score (nSPS) is 17.6. The van der Waals surface area contributed by atoms with E-state index < -0.39 is 6.36 Å². The van der Waals surface area contributed by atoms with Crippen LogP contribution in [0.3, 0.4) is 0 Å². The summed E-state index contributed by atoms with van der Waals surface area (Å²) in [4.78, 5) is 27.2. The summed E-state index contributed by atoms with van der Waals surface area (Å²) in [6, 6.07) is 7.06. The lowest BCUT2D eigenvalue weighted by Gasteiger charge is -2.32. The number of aromatic amines is 1. The number of ether oxygens (including phenoxy) is 1. The van der Waals surface area contributed by atoms with Crippen molar-refractivity contribution >= 4 is 22.6 Å². The molecule has 178 valence electrons. The Balaban J connectivity index is 1.26. The molecule has 2 N–H and O–H groups in total. The van der Waals surface area contributed by atoms with E-state index in [0.29, 0.717) is 24.3 Å². The molecule has 0 saturated carbocycles. The van der Waals surface area contributed by atoms with Crippen molar-refractivity contribution in [1.82, 2.24) is 25.2 Å². The number of aromatic nitrogens is 3. The molecule has 1 aromatic carbocycles. The third-order valence-electron chi connectivity index (χ3n) is 6.31. The Morgan fingerprint density at radius 2 is 1.88 bits per heavy atom. The van der Waals surface area contributed by atoms with Crippen LogP contribution >= 0.6 is 0 Å². The molecule has 1 amide bonds. The van der Waals surface area contributed by atoms with Crippen molar-refractivity contribution in [2.45, 2.75) is 31.5 Å². The monoisotopic (exact) mass is 471 g/mol. The molecule has 0 aliphatic carbocycles. The Morgan fingerprint density at radius 1 is 1.12 bits per heavy atom. The molecule has 4 heterocycles. The maximum atomic E-state index is 12.9. The smallest absolute Gasteiger partial charge is 0.406 e. The first-order valence-electron chi connectivity index (χ1n) is 11.3. The second kappa shape index (κ2) is 9.09. The van der Waals surface area contributed by atoms with Crippen LogP contribution in [-0.4, -0.2) is 58.3 Å². The molecule has 0 bridgehead atoms. The van der Waals surface area contributed by atoms with Gasteiger partial charge in [0.05, 0.1) is 5.52 Å². The van der Waals surface area contributed by atoms with Crippen molar-refractivity contribution in [3.05, 3.63) is 59.6 Å². The highest BCUT2D eigenvalue weighted by molar-refractivity contribution is 5.94. The number of piperidine rings is 1. The fourth-order valence-electron chi connectivity index (χ4n) is 4.62. The molecule has 5 rings (SSSR count). The van der Waals surface area contributed by atoms with E-state index in [4.69, 9.17) is 0 Å². The zero-order chi connectivity index (χ0) is 23.7. The molecule has 10 heteroatoms. The fraction of sp³-hybridized carbons (Fsp3) is 0.375. The number of alkyl halides is 3. The molecular formula is C24H24F3N5O2. The summed E-state index contributed by atoms with van der Waals surface area (Å²) in [6.07, 6.45) is 1.73. The molecule has 3 aromatic rings. The van der Waals surface area contributed by atoms with Crippen molar-refractivity contribution in [3.63, 3.8) is 0 Å². The van der Waals surface area contributed by atoms with Crippen LogP contribution in [0.4, 0.5) is 13.2 Å². The molecule has 0 unspecified atom stereocenters. The molecule has 2 aromatic heterocycles. The number of hydrogen-bond acceptors (Lipinski definition) is 5.